The van der Waals surface area contributed by atoms with Crippen molar-refractivity contribution in [2.75, 3.05) is 33.4 Å². The predicted octanol–water partition coefficient (Wildman–Crippen LogP) is 1.81. The van der Waals surface area contributed by atoms with Gasteiger partial charge in [-0.15, -0.1) is 0 Å². The van der Waals surface area contributed by atoms with E-state index in [1.165, 1.54) is 19.3 Å². The molecule has 4 nitrogen and oxygen atoms in total. The number of hydrogen-bond donors (Lipinski definition) is 1. The number of rotatable bonds is 11. The summed E-state index contributed by atoms with van der Waals surface area (Å²) >= 11 is 0. The van der Waals surface area contributed by atoms with E-state index in [1.54, 1.807) is 12.0 Å². The minimum absolute atomic E-state index is 0.0191. The highest BCUT2D eigenvalue weighted by atomic mass is 16.5. The first-order valence-corrected chi connectivity index (χ1v) is 6.63. The Labute approximate surface area is 105 Å². The Hall–Kier alpha value is -0.610. The van der Waals surface area contributed by atoms with Gasteiger partial charge in [-0.1, -0.05) is 32.6 Å². The fourth-order valence-corrected chi connectivity index (χ4v) is 1.72. The molecule has 0 atom stereocenters. The molecule has 0 heterocycles. The van der Waals surface area contributed by atoms with Crippen LogP contribution < -0.4 is 0 Å². The number of amides is 1. The Morgan fingerprint density at radius 2 is 1.88 bits per heavy atom. The van der Waals surface area contributed by atoms with E-state index < -0.39 is 0 Å². The number of aliphatic hydroxyl groups excluding tert-OH is 1. The summed E-state index contributed by atoms with van der Waals surface area (Å²) in [6, 6.07) is 0. The number of carbonyl (C=O) groups excluding carboxylic acids is 1. The van der Waals surface area contributed by atoms with Gasteiger partial charge in [0.15, 0.2) is 0 Å². The molecule has 0 saturated heterocycles. The minimum Gasteiger partial charge on any atom is -0.395 e. The fraction of sp³-hybridized carbons (Fsp3) is 0.923. The first-order chi connectivity index (χ1) is 8.26. The molecule has 1 amide bonds. The number of carbonyl (C=O) groups is 1. The molecule has 0 spiro atoms. The van der Waals surface area contributed by atoms with Gasteiger partial charge in [-0.3, -0.25) is 4.79 Å². The average Bonchev–Trinajstić information content (AvgIpc) is 2.34. The van der Waals surface area contributed by atoms with Crippen LogP contribution in [0, 0.1) is 0 Å². The summed E-state index contributed by atoms with van der Waals surface area (Å²) in [6.07, 6.45) is 6.34. The average molecular weight is 245 g/mol. The summed E-state index contributed by atoms with van der Waals surface area (Å²) in [5.74, 6) is 0.132. The number of nitrogens with zero attached hydrogens (tertiary/aromatic N) is 1. The zero-order valence-electron chi connectivity index (χ0n) is 11.3. The van der Waals surface area contributed by atoms with Crippen LogP contribution in [0.25, 0.3) is 0 Å². The summed E-state index contributed by atoms with van der Waals surface area (Å²) < 4.78 is 4.95. The van der Waals surface area contributed by atoms with E-state index in [0.717, 1.165) is 12.8 Å². The molecule has 17 heavy (non-hydrogen) atoms. The third kappa shape index (κ3) is 9.12. The normalized spacial score (nSPS) is 10.5. The smallest absolute Gasteiger partial charge is 0.222 e. The lowest BCUT2D eigenvalue weighted by molar-refractivity contribution is -0.132. The highest BCUT2D eigenvalue weighted by molar-refractivity contribution is 5.76. The summed E-state index contributed by atoms with van der Waals surface area (Å²) in [7, 11) is 1.62. The Morgan fingerprint density at radius 3 is 2.47 bits per heavy atom. The van der Waals surface area contributed by atoms with Crippen LogP contribution in [0.4, 0.5) is 0 Å². The van der Waals surface area contributed by atoms with Crippen LogP contribution >= 0.6 is 0 Å². The second-order valence-corrected chi connectivity index (χ2v) is 4.26. The van der Waals surface area contributed by atoms with Gasteiger partial charge in [-0.25, -0.2) is 0 Å². The maximum absolute atomic E-state index is 11.8. The fourth-order valence-electron chi connectivity index (χ4n) is 1.72. The van der Waals surface area contributed by atoms with Crippen LogP contribution in [0.5, 0.6) is 0 Å². The summed E-state index contributed by atoms with van der Waals surface area (Å²) in [5.41, 5.74) is 0. The van der Waals surface area contributed by atoms with Crippen molar-refractivity contribution in [3.63, 3.8) is 0 Å². The second kappa shape index (κ2) is 11.9. The van der Waals surface area contributed by atoms with Gasteiger partial charge >= 0.3 is 0 Å². The molecule has 0 saturated carbocycles. The van der Waals surface area contributed by atoms with Crippen molar-refractivity contribution in [1.29, 1.82) is 0 Å². The molecule has 0 aromatic carbocycles. The zero-order chi connectivity index (χ0) is 12.9. The lowest BCUT2D eigenvalue weighted by Gasteiger charge is -2.21. The first-order valence-electron chi connectivity index (χ1n) is 6.63. The van der Waals surface area contributed by atoms with Crippen LogP contribution in [0.15, 0.2) is 0 Å². The van der Waals surface area contributed by atoms with Crippen molar-refractivity contribution in [3.05, 3.63) is 0 Å². The van der Waals surface area contributed by atoms with Gasteiger partial charge in [0.25, 0.3) is 0 Å². The maximum atomic E-state index is 11.8. The van der Waals surface area contributed by atoms with E-state index >= 15 is 0 Å². The van der Waals surface area contributed by atoms with E-state index in [2.05, 4.69) is 6.92 Å². The van der Waals surface area contributed by atoms with Gasteiger partial charge in [0.1, 0.15) is 0 Å². The SMILES string of the molecule is CCCCCCCC(=O)N(CCO)CCOC. The summed E-state index contributed by atoms with van der Waals surface area (Å²) in [4.78, 5) is 13.5. The Bertz CT molecular complexity index is 186. The molecule has 0 radical (unpaired) electrons. The van der Waals surface area contributed by atoms with Crippen molar-refractivity contribution in [3.8, 4) is 0 Å². The van der Waals surface area contributed by atoms with E-state index in [4.69, 9.17) is 9.84 Å². The van der Waals surface area contributed by atoms with Gasteiger partial charge in [-0.05, 0) is 6.42 Å². The summed E-state index contributed by atoms with van der Waals surface area (Å²) in [6.45, 7) is 3.72. The minimum atomic E-state index is 0.0191. The molecule has 0 unspecified atom stereocenters. The van der Waals surface area contributed by atoms with E-state index in [0.29, 0.717) is 26.1 Å². The quantitative estimate of drug-likeness (QED) is 0.565. The van der Waals surface area contributed by atoms with E-state index in [-0.39, 0.29) is 12.5 Å². The highest BCUT2D eigenvalue weighted by Gasteiger charge is 2.11. The third-order valence-corrected chi connectivity index (χ3v) is 2.78. The largest absolute Gasteiger partial charge is 0.395 e. The molecular weight excluding hydrogens is 218 g/mol. The maximum Gasteiger partial charge on any atom is 0.222 e. The number of methoxy groups -OCH3 is 1. The van der Waals surface area contributed by atoms with Gasteiger partial charge < -0.3 is 14.7 Å². The first kappa shape index (κ1) is 16.4. The third-order valence-electron chi connectivity index (χ3n) is 2.78. The van der Waals surface area contributed by atoms with E-state index in [1.807, 2.05) is 0 Å². The Morgan fingerprint density at radius 1 is 1.18 bits per heavy atom. The Balaban J connectivity index is 3.72. The molecule has 0 aliphatic heterocycles. The van der Waals surface area contributed by atoms with Crippen LogP contribution in [0.1, 0.15) is 45.4 Å². The molecule has 0 aromatic heterocycles. The number of aliphatic hydroxyl groups is 1. The molecular formula is C13H27NO3. The molecule has 0 aromatic rings. The van der Waals surface area contributed by atoms with Crippen molar-refractivity contribution in [2.45, 2.75) is 45.4 Å². The Kier molecular flexibility index (Phi) is 11.4. The molecule has 4 heteroatoms. The van der Waals surface area contributed by atoms with Gasteiger partial charge in [0.2, 0.25) is 5.91 Å². The van der Waals surface area contributed by atoms with Crippen molar-refractivity contribution in [1.82, 2.24) is 4.90 Å². The summed E-state index contributed by atoms with van der Waals surface area (Å²) in [5, 5.41) is 8.89. The molecule has 0 aliphatic rings. The number of ether oxygens (including phenoxy) is 1. The topological polar surface area (TPSA) is 49.8 Å². The molecule has 0 bridgehead atoms. The van der Waals surface area contributed by atoms with Crippen molar-refractivity contribution >= 4 is 5.91 Å². The van der Waals surface area contributed by atoms with Crippen LogP contribution in [0.2, 0.25) is 0 Å². The second-order valence-electron chi connectivity index (χ2n) is 4.26. The highest BCUT2D eigenvalue weighted by Crippen LogP contribution is 2.06. The lowest BCUT2D eigenvalue weighted by atomic mass is 10.1. The standard InChI is InChI=1S/C13H27NO3/c1-3-4-5-6-7-8-13(16)14(9-11-15)10-12-17-2/h15H,3-12H2,1-2H3. The van der Waals surface area contributed by atoms with Gasteiger partial charge in [-0.2, -0.15) is 0 Å². The molecule has 102 valence electrons. The monoisotopic (exact) mass is 245 g/mol. The predicted molar refractivity (Wildman–Crippen MR) is 68.9 cm³/mol. The van der Waals surface area contributed by atoms with Crippen LogP contribution in [-0.4, -0.2) is 49.3 Å². The van der Waals surface area contributed by atoms with Crippen LogP contribution in [-0.2, 0) is 9.53 Å². The van der Waals surface area contributed by atoms with Gasteiger partial charge in [0, 0.05) is 26.6 Å². The molecule has 1 N–H and O–H groups in total. The zero-order valence-corrected chi connectivity index (χ0v) is 11.3. The van der Waals surface area contributed by atoms with Crippen LogP contribution in [0.3, 0.4) is 0 Å². The molecule has 0 fully saturated rings. The van der Waals surface area contributed by atoms with Gasteiger partial charge in [0.05, 0.1) is 13.2 Å². The number of unbranched alkanes of at least 4 members (excludes halogenated alkanes) is 4. The molecule has 0 aliphatic carbocycles. The van der Waals surface area contributed by atoms with Crippen molar-refractivity contribution < 1.29 is 14.6 Å². The molecule has 0 rings (SSSR count). The van der Waals surface area contributed by atoms with Crippen molar-refractivity contribution in [2.24, 2.45) is 0 Å². The lowest BCUT2D eigenvalue weighted by Crippen LogP contribution is -2.36. The van der Waals surface area contributed by atoms with E-state index in [9.17, 15) is 4.79 Å². The number of hydrogen-bond acceptors (Lipinski definition) is 3.